The van der Waals surface area contributed by atoms with Gasteiger partial charge in [0.15, 0.2) is 5.13 Å². The summed E-state index contributed by atoms with van der Waals surface area (Å²) in [4.78, 5) is 17.2. The first-order valence-electron chi connectivity index (χ1n) is 9.48. The molecule has 1 aromatic heterocycles. The number of hydrogen-bond donors (Lipinski definition) is 1. The maximum absolute atomic E-state index is 10.7. The highest BCUT2D eigenvalue weighted by molar-refractivity contribution is 7.14. The molecule has 6 heteroatoms. The van der Waals surface area contributed by atoms with Crippen molar-refractivity contribution in [3.05, 3.63) is 29.6 Å². The second-order valence-electron chi connectivity index (χ2n) is 8.09. The number of rotatable bonds is 7. The molecule has 5 nitrogen and oxygen atoms in total. The average Bonchev–Trinajstić information content (AvgIpc) is 3.12. The fourth-order valence-corrected chi connectivity index (χ4v) is 4.15. The Kier molecular flexibility index (Phi) is 6.05. The number of carbonyl (C=O) groups is 1. The number of thiazole rings is 1. The number of hydrogen-bond acceptors (Lipinski definition) is 5. The van der Waals surface area contributed by atoms with E-state index in [1.807, 2.05) is 41.6 Å². The molecule has 0 spiro atoms. The molecule has 1 fully saturated rings. The summed E-state index contributed by atoms with van der Waals surface area (Å²) < 4.78 is 6.16. The number of ether oxygens (including phenoxy) is 1. The minimum Gasteiger partial charge on any atom is -0.490 e. The van der Waals surface area contributed by atoms with Crippen molar-refractivity contribution in [3.8, 4) is 17.0 Å². The third-order valence-electron chi connectivity index (χ3n) is 5.22. The topological polar surface area (TPSA) is 62.7 Å². The molecular weight excluding hydrogens is 360 g/mol. The molecule has 2 aromatic rings. The van der Waals surface area contributed by atoms with Crippen LogP contribution < -0.4 is 9.64 Å². The van der Waals surface area contributed by atoms with Gasteiger partial charge in [-0.15, -0.1) is 11.3 Å². The lowest BCUT2D eigenvalue weighted by molar-refractivity contribution is -0.136. The maximum atomic E-state index is 10.7. The van der Waals surface area contributed by atoms with E-state index in [1.165, 1.54) is 24.2 Å². The van der Waals surface area contributed by atoms with E-state index in [-0.39, 0.29) is 6.42 Å². The van der Waals surface area contributed by atoms with Crippen LogP contribution >= 0.6 is 11.3 Å². The van der Waals surface area contributed by atoms with Gasteiger partial charge >= 0.3 is 5.97 Å². The van der Waals surface area contributed by atoms with Crippen LogP contribution in [0.2, 0.25) is 0 Å². The molecule has 0 unspecified atom stereocenters. The van der Waals surface area contributed by atoms with E-state index in [9.17, 15) is 4.79 Å². The Hall–Kier alpha value is -2.08. The van der Waals surface area contributed by atoms with Crippen molar-refractivity contribution in [2.24, 2.45) is 5.41 Å². The van der Waals surface area contributed by atoms with Gasteiger partial charge in [-0.05, 0) is 55.4 Å². The summed E-state index contributed by atoms with van der Waals surface area (Å²) in [5, 5.41) is 11.6. The van der Waals surface area contributed by atoms with E-state index in [2.05, 4.69) is 18.8 Å². The molecule has 1 heterocycles. The first-order valence-corrected chi connectivity index (χ1v) is 10.4. The molecule has 1 aromatic carbocycles. The van der Waals surface area contributed by atoms with Crippen LogP contribution in [0.5, 0.6) is 5.75 Å². The Labute approximate surface area is 165 Å². The summed E-state index contributed by atoms with van der Waals surface area (Å²) in [7, 11) is 1.87. The molecule has 1 aliphatic carbocycles. The lowest BCUT2D eigenvalue weighted by atomic mass is 9.76. The number of aromatic nitrogens is 1. The zero-order valence-corrected chi connectivity index (χ0v) is 17.1. The molecule has 1 saturated carbocycles. The number of aliphatic carboxylic acids is 1. The van der Waals surface area contributed by atoms with E-state index in [0.717, 1.165) is 35.0 Å². The zero-order valence-electron chi connectivity index (χ0n) is 16.3. The fourth-order valence-electron chi connectivity index (χ4n) is 3.32. The Bertz CT molecular complexity index is 760. The average molecular weight is 389 g/mol. The summed E-state index contributed by atoms with van der Waals surface area (Å²) in [6.07, 6.45) is 5.09. The number of carboxylic acids is 1. The predicted molar refractivity (Wildman–Crippen MR) is 110 cm³/mol. The summed E-state index contributed by atoms with van der Waals surface area (Å²) in [6, 6.07) is 8.11. The lowest BCUT2D eigenvalue weighted by Crippen LogP contribution is -2.28. The van der Waals surface area contributed by atoms with Gasteiger partial charge in [0.2, 0.25) is 0 Å². The summed E-state index contributed by atoms with van der Waals surface area (Å²) >= 11 is 1.53. The van der Waals surface area contributed by atoms with Crippen molar-refractivity contribution in [2.45, 2.75) is 52.1 Å². The van der Waals surface area contributed by atoms with E-state index in [1.54, 1.807) is 0 Å². The van der Waals surface area contributed by atoms with Crippen molar-refractivity contribution in [1.82, 2.24) is 4.98 Å². The van der Waals surface area contributed by atoms with Crippen molar-refractivity contribution in [1.29, 1.82) is 0 Å². The third kappa shape index (κ3) is 5.45. The smallest absolute Gasteiger partial charge is 0.305 e. The molecule has 0 saturated heterocycles. The van der Waals surface area contributed by atoms with Crippen LogP contribution in [0.1, 0.15) is 46.0 Å². The molecule has 0 amide bonds. The molecule has 0 bridgehead atoms. The minimum absolute atomic E-state index is 0.107. The normalized spacial score (nSPS) is 16.9. The van der Waals surface area contributed by atoms with Crippen molar-refractivity contribution < 1.29 is 14.6 Å². The maximum Gasteiger partial charge on any atom is 0.305 e. The van der Waals surface area contributed by atoms with Gasteiger partial charge in [0, 0.05) is 24.5 Å². The van der Waals surface area contributed by atoms with Gasteiger partial charge in [0.25, 0.3) is 0 Å². The lowest BCUT2D eigenvalue weighted by Gasteiger charge is -2.34. The minimum atomic E-state index is -0.796. The SMILES string of the molecule is CN(CCC(=O)O)c1nc(-c2ccc(OC3CCC(C)(C)CC3)cc2)cs1. The van der Waals surface area contributed by atoms with Crippen LogP contribution in [-0.4, -0.2) is 35.8 Å². The second-order valence-corrected chi connectivity index (χ2v) is 8.92. The van der Waals surface area contributed by atoms with Gasteiger partial charge in [-0.25, -0.2) is 4.98 Å². The zero-order chi connectivity index (χ0) is 19.4. The highest BCUT2D eigenvalue weighted by Gasteiger charge is 2.27. The quantitative estimate of drug-likeness (QED) is 0.717. The number of carboxylic acid groups (broad SMARTS) is 1. The first kappa shape index (κ1) is 19.7. The highest BCUT2D eigenvalue weighted by atomic mass is 32.1. The molecule has 0 radical (unpaired) electrons. The van der Waals surface area contributed by atoms with Crippen molar-refractivity contribution in [2.75, 3.05) is 18.5 Å². The van der Waals surface area contributed by atoms with E-state index in [0.29, 0.717) is 18.1 Å². The molecule has 1 N–H and O–H groups in total. The van der Waals surface area contributed by atoms with Gasteiger partial charge in [-0.1, -0.05) is 13.8 Å². The largest absolute Gasteiger partial charge is 0.490 e. The number of benzene rings is 1. The summed E-state index contributed by atoms with van der Waals surface area (Å²) in [5.41, 5.74) is 2.40. The van der Waals surface area contributed by atoms with E-state index >= 15 is 0 Å². The standard InChI is InChI=1S/C21H28N2O3S/c1-21(2)11-8-17(9-12-21)26-16-6-4-15(5-7-16)18-14-27-20(22-18)23(3)13-10-19(24)25/h4-7,14,17H,8-13H2,1-3H3,(H,24,25). The number of anilines is 1. The van der Waals surface area contributed by atoms with Crippen LogP contribution in [0.25, 0.3) is 11.3 Å². The summed E-state index contributed by atoms with van der Waals surface area (Å²) in [5.74, 6) is 0.119. The Morgan fingerprint density at radius 2 is 1.96 bits per heavy atom. The Morgan fingerprint density at radius 1 is 1.30 bits per heavy atom. The van der Waals surface area contributed by atoms with Crippen molar-refractivity contribution >= 4 is 22.4 Å². The molecular formula is C21H28N2O3S. The second kappa shape index (κ2) is 8.30. The molecule has 0 aliphatic heterocycles. The molecule has 0 atom stereocenters. The first-order chi connectivity index (χ1) is 12.8. The number of nitrogens with zero attached hydrogens (tertiary/aromatic N) is 2. The summed E-state index contributed by atoms with van der Waals surface area (Å²) in [6.45, 7) is 5.12. The molecule has 3 rings (SSSR count). The Balaban J connectivity index is 1.58. The van der Waals surface area contributed by atoms with Gasteiger partial charge in [0.1, 0.15) is 5.75 Å². The molecule has 1 aliphatic rings. The predicted octanol–water partition coefficient (Wildman–Crippen LogP) is 5.07. The van der Waals surface area contributed by atoms with E-state index in [4.69, 9.17) is 9.84 Å². The van der Waals surface area contributed by atoms with Gasteiger partial charge in [-0.2, -0.15) is 0 Å². The van der Waals surface area contributed by atoms with Gasteiger partial charge in [0.05, 0.1) is 18.2 Å². The van der Waals surface area contributed by atoms with Crippen LogP contribution in [0, 0.1) is 5.41 Å². The third-order valence-corrected chi connectivity index (χ3v) is 6.17. The van der Waals surface area contributed by atoms with E-state index < -0.39 is 5.97 Å². The van der Waals surface area contributed by atoms with Gasteiger partial charge in [-0.3, -0.25) is 4.79 Å². The van der Waals surface area contributed by atoms with Crippen LogP contribution in [0.4, 0.5) is 5.13 Å². The monoisotopic (exact) mass is 388 g/mol. The van der Waals surface area contributed by atoms with Crippen molar-refractivity contribution in [3.63, 3.8) is 0 Å². The van der Waals surface area contributed by atoms with Crippen LogP contribution in [0.3, 0.4) is 0 Å². The Morgan fingerprint density at radius 3 is 2.59 bits per heavy atom. The molecule has 27 heavy (non-hydrogen) atoms. The molecule has 146 valence electrons. The van der Waals surface area contributed by atoms with Crippen LogP contribution in [0.15, 0.2) is 29.6 Å². The highest BCUT2D eigenvalue weighted by Crippen LogP contribution is 2.37. The fraction of sp³-hybridized carbons (Fsp3) is 0.524. The van der Waals surface area contributed by atoms with Crippen LogP contribution in [-0.2, 0) is 4.79 Å². The van der Waals surface area contributed by atoms with Gasteiger partial charge < -0.3 is 14.7 Å².